The number of piperidine rings is 2. The molecule has 1 amide bonds. The Balaban J connectivity index is 1.64. The predicted molar refractivity (Wildman–Crippen MR) is 85.6 cm³/mol. The second-order valence-electron chi connectivity index (χ2n) is 6.62. The van der Waals surface area contributed by atoms with Crippen LogP contribution < -0.4 is 5.32 Å². The van der Waals surface area contributed by atoms with Crippen LogP contribution in [0.3, 0.4) is 0 Å². The van der Waals surface area contributed by atoms with Crippen LogP contribution in [0.25, 0.3) is 0 Å². The largest absolute Gasteiger partial charge is 0.339 e. The van der Waals surface area contributed by atoms with Crippen LogP contribution in [0, 0.1) is 5.92 Å². The Bertz CT molecular complexity index is 468. The average molecular weight is 286 g/mol. The summed E-state index contributed by atoms with van der Waals surface area (Å²) in [6.45, 7) is 6.32. The van der Waals surface area contributed by atoms with Crippen molar-refractivity contribution in [3.8, 4) is 0 Å². The van der Waals surface area contributed by atoms with Crippen LogP contribution in [0.1, 0.15) is 54.4 Å². The summed E-state index contributed by atoms with van der Waals surface area (Å²) < 4.78 is 0. The van der Waals surface area contributed by atoms with Gasteiger partial charge < -0.3 is 10.2 Å². The Labute approximate surface area is 127 Å². The van der Waals surface area contributed by atoms with E-state index in [-0.39, 0.29) is 5.91 Å². The fourth-order valence-corrected chi connectivity index (χ4v) is 3.45. The minimum Gasteiger partial charge on any atom is -0.339 e. The molecule has 2 saturated heterocycles. The van der Waals surface area contributed by atoms with Gasteiger partial charge in [-0.05, 0) is 68.3 Å². The highest BCUT2D eigenvalue weighted by Gasteiger charge is 2.22. The third-order valence-corrected chi connectivity index (χ3v) is 5.04. The highest BCUT2D eigenvalue weighted by molar-refractivity contribution is 5.94. The summed E-state index contributed by atoms with van der Waals surface area (Å²) in [5.41, 5.74) is 2.24. The van der Waals surface area contributed by atoms with Crippen molar-refractivity contribution >= 4 is 5.91 Å². The highest BCUT2D eigenvalue weighted by atomic mass is 16.2. The second-order valence-corrected chi connectivity index (χ2v) is 6.62. The second kappa shape index (κ2) is 6.61. The van der Waals surface area contributed by atoms with Gasteiger partial charge in [0.2, 0.25) is 0 Å². The van der Waals surface area contributed by atoms with Crippen molar-refractivity contribution in [2.24, 2.45) is 5.92 Å². The van der Waals surface area contributed by atoms with Crippen molar-refractivity contribution in [2.75, 3.05) is 26.2 Å². The van der Waals surface area contributed by atoms with E-state index >= 15 is 0 Å². The molecule has 114 valence electrons. The molecule has 21 heavy (non-hydrogen) atoms. The Hall–Kier alpha value is -1.35. The molecule has 3 rings (SSSR count). The van der Waals surface area contributed by atoms with Gasteiger partial charge in [-0.25, -0.2) is 0 Å². The lowest BCUT2D eigenvalue weighted by Crippen LogP contribution is -2.37. The number of benzene rings is 1. The number of rotatable bonds is 2. The van der Waals surface area contributed by atoms with Gasteiger partial charge in [0.25, 0.3) is 5.91 Å². The van der Waals surface area contributed by atoms with E-state index in [2.05, 4.69) is 24.4 Å². The SMILES string of the molecule is CC1CCN(C(=O)c2ccc(C3CCNCC3)cc2)CC1. The van der Waals surface area contributed by atoms with Gasteiger partial charge in [-0.15, -0.1) is 0 Å². The minimum atomic E-state index is 0.207. The monoisotopic (exact) mass is 286 g/mol. The number of carbonyl (C=O) groups excluding carboxylic acids is 1. The van der Waals surface area contributed by atoms with E-state index in [1.165, 1.54) is 18.4 Å². The molecule has 0 spiro atoms. The normalized spacial score (nSPS) is 21.5. The van der Waals surface area contributed by atoms with Crippen LogP contribution in [0.5, 0.6) is 0 Å². The Kier molecular flexibility index (Phi) is 4.59. The first-order valence-corrected chi connectivity index (χ1v) is 8.34. The zero-order chi connectivity index (χ0) is 14.7. The number of hydrogen-bond acceptors (Lipinski definition) is 2. The van der Waals surface area contributed by atoms with Crippen molar-refractivity contribution in [1.82, 2.24) is 10.2 Å². The molecule has 3 nitrogen and oxygen atoms in total. The maximum absolute atomic E-state index is 12.5. The molecule has 3 heteroatoms. The Morgan fingerprint density at radius 2 is 1.67 bits per heavy atom. The van der Waals surface area contributed by atoms with Crippen molar-refractivity contribution in [3.05, 3.63) is 35.4 Å². The molecule has 0 atom stereocenters. The summed E-state index contributed by atoms with van der Waals surface area (Å²) in [6.07, 6.45) is 4.69. The fourth-order valence-electron chi connectivity index (χ4n) is 3.45. The lowest BCUT2D eigenvalue weighted by molar-refractivity contribution is 0.0697. The summed E-state index contributed by atoms with van der Waals surface area (Å²) in [4.78, 5) is 14.5. The molecule has 2 aliphatic rings. The third-order valence-electron chi connectivity index (χ3n) is 5.04. The van der Waals surface area contributed by atoms with Gasteiger partial charge in [0, 0.05) is 18.7 Å². The Morgan fingerprint density at radius 3 is 2.29 bits per heavy atom. The number of nitrogens with zero attached hydrogens (tertiary/aromatic N) is 1. The van der Waals surface area contributed by atoms with E-state index in [1.54, 1.807) is 0 Å². The van der Waals surface area contributed by atoms with E-state index < -0.39 is 0 Å². The number of hydrogen-bond donors (Lipinski definition) is 1. The van der Waals surface area contributed by atoms with Crippen molar-refractivity contribution in [2.45, 2.75) is 38.5 Å². The molecule has 2 fully saturated rings. The van der Waals surface area contributed by atoms with Crippen LogP contribution in [-0.2, 0) is 0 Å². The quantitative estimate of drug-likeness (QED) is 0.906. The maximum atomic E-state index is 12.5. The lowest BCUT2D eigenvalue weighted by atomic mass is 9.89. The van der Waals surface area contributed by atoms with Gasteiger partial charge in [-0.1, -0.05) is 19.1 Å². The number of likely N-dealkylation sites (tertiary alicyclic amines) is 1. The summed E-state index contributed by atoms with van der Waals surface area (Å²) in [6, 6.07) is 8.38. The molecule has 1 N–H and O–H groups in total. The summed E-state index contributed by atoms with van der Waals surface area (Å²) >= 11 is 0. The molecule has 0 aromatic heterocycles. The van der Waals surface area contributed by atoms with Crippen molar-refractivity contribution < 1.29 is 4.79 Å². The molecule has 0 bridgehead atoms. The van der Waals surface area contributed by atoms with Gasteiger partial charge in [-0.3, -0.25) is 4.79 Å². The molecule has 0 aliphatic carbocycles. The summed E-state index contributed by atoms with van der Waals surface area (Å²) in [5, 5.41) is 3.40. The standard InChI is InChI=1S/C18H26N2O/c1-14-8-12-20(13-9-14)18(21)17-4-2-15(3-5-17)16-6-10-19-11-7-16/h2-5,14,16,19H,6-13H2,1H3. The molecule has 0 saturated carbocycles. The molecule has 0 radical (unpaired) electrons. The predicted octanol–water partition coefficient (Wildman–Crippen LogP) is 3.03. The molecule has 2 heterocycles. The van der Waals surface area contributed by atoms with Crippen LogP contribution in [-0.4, -0.2) is 37.0 Å². The first kappa shape index (κ1) is 14.6. The first-order valence-electron chi connectivity index (χ1n) is 8.34. The van der Waals surface area contributed by atoms with Crippen LogP contribution >= 0.6 is 0 Å². The van der Waals surface area contributed by atoms with E-state index in [1.807, 2.05) is 17.0 Å². The molecular weight excluding hydrogens is 260 g/mol. The third kappa shape index (κ3) is 3.46. The molecule has 1 aromatic carbocycles. The van der Waals surface area contributed by atoms with E-state index in [0.717, 1.165) is 50.5 Å². The molecular formula is C18H26N2O. The van der Waals surface area contributed by atoms with Crippen molar-refractivity contribution in [3.63, 3.8) is 0 Å². The van der Waals surface area contributed by atoms with Crippen LogP contribution in [0.15, 0.2) is 24.3 Å². The van der Waals surface area contributed by atoms with Gasteiger partial charge in [0.05, 0.1) is 0 Å². The number of amides is 1. The zero-order valence-corrected chi connectivity index (χ0v) is 13.0. The van der Waals surface area contributed by atoms with Gasteiger partial charge in [-0.2, -0.15) is 0 Å². The molecule has 0 unspecified atom stereocenters. The van der Waals surface area contributed by atoms with E-state index in [9.17, 15) is 4.79 Å². The first-order chi connectivity index (χ1) is 10.2. The summed E-state index contributed by atoms with van der Waals surface area (Å²) in [7, 11) is 0. The van der Waals surface area contributed by atoms with Crippen LogP contribution in [0.2, 0.25) is 0 Å². The number of nitrogens with one attached hydrogen (secondary N) is 1. The lowest BCUT2D eigenvalue weighted by Gasteiger charge is -2.30. The molecule has 1 aromatic rings. The van der Waals surface area contributed by atoms with Crippen molar-refractivity contribution in [1.29, 1.82) is 0 Å². The fraction of sp³-hybridized carbons (Fsp3) is 0.611. The van der Waals surface area contributed by atoms with Gasteiger partial charge in [0.1, 0.15) is 0 Å². The Morgan fingerprint density at radius 1 is 1.05 bits per heavy atom. The van der Waals surface area contributed by atoms with Gasteiger partial charge in [0.15, 0.2) is 0 Å². The average Bonchev–Trinajstić information content (AvgIpc) is 2.56. The van der Waals surface area contributed by atoms with Crippen LogP contribution in [0.4, 0.5) is 0 Å². The highest BCUT2D eigenvalue weighted by Crippen LogP contribution is 2.26. The smallest absolute Gasteiger partial charge is 0.253 e. The molecule has 2 aliphatic heterocycles. The van der Waals surface area contributed by atoms with Gasteiger partial charge >= 0.3 is 0 Å². The summed E-state index contributed by atoms with van der Waals surface area (Å²) in [5.74, 6) is 1.63. The van der Waals surface area contributed by atoms with E-state index in [0.29, 0.717) is 5.92 Å². The van der Waals surface area contributed by atoms with E-state index in [4.69, 9.17) is 0 Å². The maximum Gasteiger partial charge on any atom is 0.253 e. The number of carbonyl (C=O) groups is 1. The topological polar surface area (TPSA) is 32.3 Å². The zero-order valence-electron chi connectivity index (χ0n) is 13.0. The minimum absolute atomic E-state index is 0.207.